The van der Waals surface area contributed by atoms with Crippen LogP contribution in [-0.2, 0) is 0 Å². The minimum atomic E-state index is -0.343. The van der Waals surface area contributed by atoms with Gasteiger partial charge in [0, 0.05) is 17.7 Å². The molecule has 7 heteroatoms. The number of aromatic nitrogens is 2. The number of nitrogens with zero attached hydrogens (tertiary/aromatic N) is 2. The number of nitrogens with one attached hydrogen (secondary N) is 1. The Morgan fingerprint density at radius 1 is 1.06 bits per heavy atom. The maximum Gasteiger partial charge on any atom is 0.273 e. The van der Waals surface area contributed by atoms with E-state index in [1.807, 2.05) is 42.2 Å². The van der Waals surface area contributed by atoms with Crippen molar-refractivity contribution in [1.29, 1.82) is 0 Å². The van der Waals surface area contributed by atoms with Gasteiger partial charge in [-0.2, -0.15) is 5.10 Å². The van der Waals surface area contributed by atoms with Gasteiger partial charge in [0.25, 0.3) is 5.91 Å². The first-order chi connectivity index (χ1) is 16.1. The minimum absolute atomic E-state index is 0.0905. The first-order valence-corrected chi connectivity index (χ1v) is 11.7. The minimum Gasteiger partial charge on any atom is -0.507 e. The van der Waals surface area contributed by atoms with Gasteiger partial charge < -0.3 is 19.5 Å². The van der Waals surface area contributed by atoms with Gasteiger partial charge in [0.15, 0.2) is 11.5 Å². The Balaban J connectivity index is 1.81. The second-order valence-electron chi connectivity index (χ2n) is 8.12. The summed E-state index contributed by atoms with van der Waals surface area (Å²) in [6.45, 7) is 7.86. The molecule has 0 saturated heterocycles. The van der Waals surface area contributed by atoms with Gasteiger partial charge in [-0.05, 0) is 49.6 Å². The van der Waals surface area contributed by atoms with Crippen molar-refractivity contribution in [2.45, 2.75) is 46.1 Å². The SMILES string of the molecule is CCCCOc1ccc([C@@H]2c3c(-c4ccccc4O)n[nH]c3C(=O)N2CCC)cc1OCC. The number of carbonyl (C=O) groups excluding carboxylic acids is 1. The van der Waals surface area contributed by atoms with Gasteiger partial charge in [0.1, 0.15) is 17.1 Å². The Bertz CT molecular complexity index is 1120. The number of phenolic OH excluding ortho intramolecular Hbond substituents is 1. The fraction of sp³-hybridized carbons (Fsp3) is 0.385. The van der Waals surface area contributed by atoms with Crippen LogP contribution in [0.2, 0.25) is 0 Å². The smallest absolute Gasteiger partial charge is 0.273 e. The van der Waals surface area contributed by atoms with Crippen molar-refractivity contribution in [2.24, 2.45) is 0 Å². The van der Waals surface area contributed by atoms with Crippen molar-refractivity contribution < 1.29 is 19.4 Å². The Labute approximate surface area is 194 Å². The molecule has 0 aliphatic carbocycles. The molecule has 1 aliphatic rings. The highest BCUT2D eigenvalue weighted by Crippen LogP contribution is 2.45. The fourth-order valence-corrected chi connectivity index (χ4v) is 4.30. The number of aromatic amines is 1. The topological polar surface area (TPSA) is 87.7 Å². The highest BCUT2D eigenvalue weighted by atomic mass is 16.5. The van der Waals surface area contributed by atoms with E-state index in [9.17, 15) is 9.90 Å². The standard InChI is InChI=1S/C26H31N3O4/c1-4-7-15-33-20-13-12-17(16-21(20)32-6-3)25-22-23(18-10-8-9-11-19(18)30)27-28-24(22)26(31)29(25)14-5-2/h8-13,16,25,30H,4-7,14-15H2,1-3H3,(H,27,28)/t25-/m1/s1. The van der Waals surface area contributed by atoms with Crippen LogP contribution in [0.5, 0.6) is 17.2 Å². The maximum atomic E-state index is 13.3. The number of ether oxygens (including phenoxy) is 2. The van der Waals surface area contributed by atoms with E-state index in [0.29, 0.717) is 48.2 Å². The van der Waals surface area contributed by atoms with E-state index in [0.717, 1.165) is 30.4 Å². The van der Waals surface area contributed by atoms with E-state index in [-0.39, 0.29) is 17.7 Å². The van der Waals surface area contributed by atoms with Crippen LogP contribution in [0.3, 0.4) is 0 Å². The second kappa shape index (κ2) is 9.98. The summed E-state index contributed by atoms with van der Waals surface area (Å²) in [7, 11) is 0. The number of aromatic hydroxyl groups is 1. The first kappa shape index (κ1) is 22.7. The Kier molecular flexibility index (Phi) is 6.87. The van der Waals surface area contributed by atoms with Crippen LogP contribution in [0.4, 0.5) is 0 Å². The molecule has 3 aromatic rings. The number of para-hydroxylation sites is 1. The third kappa shape index (κ3) is 4.27. The largest absolute Gasteiger partial charge is 0.507 e. The molecule has 2 heterocycles. The van der Waals surface area contributed by atoms with Gasteiger partial charge in [-0.15, -0.1) is 0 Å². The summed E-state index contributed by atoms with van der Waals surface area (Å²) >= 11 is 0. The summed E-state index contributed by atoms with van der Waals surface area (Å²) in [5.74, 6) is 1.40. The lowest BCUT2D eigenvalue weighted by Crippen LogP contribution is -2.30. The number of amides is 1. The molecule has 7 nitrogen and oxygen atoms in total. The highest BCUT2D eigenvalue weighted by Gasteiger charge is 2.42. The molecule has 0 bridgehead atoms. The molecule has 0 unspecified atom stereocenters. The Morgan fingerprint density at radius 2 is 1.88 bits per heavy atom. The maximum absolute atomic E-state index is 13.3. The summed E-state index contributed by atoms with van der Waals surface area (Å²) in [4.78, 5) is 15.1. The van der Waals surface area contributed by atoms with Crippen LogP contribution in [0.1, 0.15) is 67.7 Å². The molecule has 1 aromatic heterocycles. The van der Waals surface area contributed by atoms with Gasteiger partial charge in [0.05, 0.1) is 19.3 Å². The molecule has 0 radical (unpaired) electrons. The monoisotopic (exact) mass is 449 g/mol. The number of hydrogen-bond donors (Lipinski definition) is 2. The quantitative estimate of drug-likeness (QED) is 0.409. The fourth-order valence-electron chi connectivity index (χ4n) is 4.30. The van der Waals surface area contributed by atoms with Crippen LogP contribution in [0, 0.1) is 0 Å². The van der Waals surface area contributed by atoms with Crippen LogP contribution in [0.15, 0.2) is 42.5 Å². The molecule has 0 fully saturated rings. The van der Waals surface area contributed by atoms with Gasteiger partial charge in [-0.1, -0.05) is 38.5 Å². The zero-order chi connectivity index (χ0) is 23.4. The van der Waals surface area contributed by atoms with Gasteiger partial charge in [-0.3, -0.25) is 9.89 Å². The number of benzene rings is 2. The molecule has 0 spiro atoms. The molecule has 1 atom stereocenters. The third-order valence-corrected chi connectivity index (χ3v) is 5.83. The van der Waals surface area contributed by atoms with Crippen molar-refractivity contribution in [3.63, 3.8) is 0 Å². The van der Waals surface area contributed by atoms with E-state index >= 15 is 0 Å². The van der Waals surface area contributed by atoms with Gasteiger partial charge in [-0.25, -0.2) is 0 Å². The lowest BCUT2D eigenvalue weighted by Gasteiger charge is -2.26. The summed E-state index contributed by atoms with van der Waals surface area (Å²) in [5, 5.41) is 17.8. The van der Waals surface area contributed by atoms with Crippen LogP contribution >= 0.6 is 0 Å². The molecule has 174 valence electrons. The number of unbranched alkanes of at least 4 members (excludes halogenated alkanes) is 1. The Hall–Kier alpha value is -3.48. The number of fused-ring (bicyclic) bond motifs is 1. The first-order valence-electron chi connectivity index (χ1n) is 11.7. The molecule has 2 aromatic carbocycles. The summed E-state index contributed by atoms with van der Waals surface area (Å²) in [5.41, 5.74) is 3.34. The number of hydrogen-bond acceptors (Lipinski definition) is 5. The predicted molar refractivity (Wildman–Crippen MR) is 127 cm³/mol. The van der Waals surface area contributed by atoms with Gasteiger partial charge in [0.2, 0.25) is 0 Å². The lowest BCUT2D eigenvalue weighted by atomic mass is 9.95. The predicted octanol–water partition coefficient (Wildman–Crippen LogP) is 5.32. The average Bonchev–Trinajstić information content (AvgIpc) is 3.35. The van der Waals surface area contributed by atoms with E-state index < -0.39 is 0 Å². The summed E-state index contributed by atoms with van der Waals surface area (Å²) in [6.07, 6.45) is 2.84. The van der Waals surface area contributed by atoms with Crippen LogP contribution in [-0.4, -0.2) is 45.9 Å². The second-order valence-corrected chi connectivity index (χ2v) is 8.12. The van der Waals surface area contributed by atoms with E-state index in [1.165, 1.54) is 0 Å². The van der Waals surface area contributed by atoms with Crippen molar-refractivity contribution >= 4 is 5.91 Å². The molecular formula is C26H31N3O4. The number of carbonyl (C=O) groups is 1. The number of H-pyrrole nitrogens is 1. The van der Waals surface area contributed by atoms with Crippen molar-refractivity contribution in [3.05, 3.63) is 59.3 Å². The molecule has 0 saturated carbocycles. The molecule has 2 N–H and O–H groups in total. The molecular weight excluding hydrogens is 418 g/mol. The van der Waals surface area contributed by atoms with Crippen molar-refractivity contribution in [1.82, 2.24) is 15.1 Å². The van der Waals surface area contributed by atoms with Crippen molar-refractivity contribution in [3.8, 4) is 28.5 Å². The van der Waals surface area contributed by atoms with Gasteiger partial charge >= 0.3 is 0 Å². The summed E-state index contributed by atoms with van der Waals surface area (Å²) < 4.78 is 11.9. The summed E-state index contributed by atoms with van der Waals surface area (Å²) in [6, 6.07) is 12.6. The zero-order valence-electron chi connectivity index (χ0n) is 19.4. The Morgan fingerprint density at radius 3 is 2.61 bits per heavy atom. The van der Waals surface area contributed by atoms with Crippen LogP contribution in [0.25, 0.3) is 11.3 Å². The number of phenols is 1. The van der Waals surface area contributed by atoms with Crippen molar-refractivity contribution in [2.75, 3.05) is 19.8 Å². The normalized spacial score (nSPS) is 15.1. The highest BCUT2D eigenvalue weighted by molar-refractivity contribution is 6.00. The van der Waals surface area contributed by atoms with E-state index in [1.54, 1.807) is 12.1 Å². The molecule has 4 rings (SSSR count). The molecule has 33 heavy (non-hydrogen) atoms. The van der Waals surface area contributed by atoms with E-state index in [2.05, 4.69) is 24.0 Å². The molecule has 1 amide bonds. The van der Waals surface area contributed by atoms with Crippen LogP contribution < -0.4 is 9.47 Å². The molecule has 1 aliphatic heterocycles. The lowest BCUT2D eigenvalue weighted by molar-refractivity contribution is 0.0743. The zero-order valence-corrected chi connectivity index (χ0v) is 19.4. The van der Waals surface area contributed by atoms with E-state index in [4.69, 9.17) is 9.47 Å². The third-order valence-electron chi connectivity index (χ3n) is 5.83. The number of rotatable bonds is 10. The average molecular weight is 450 g/mol.